The summed E-state index contributed by atoms with van der Waals surface area (Å²) in [6, 6.07) is 1.87. The summed E-state index contributed by atoms with van der Waals surface area (Å²) < 4.78 is 4.78. The molecular weight excluding hydrogens is 168 g/mol. The number of carbonyl (C=O) groups is 1. The molecule has 1 aliphatic heterocycles. The van der Waals surface area contributed by atoms with Gasteiger partial charge < -0.3 is 9.42 Å². The van der Waals surface area contributed by atoms with E-state index in [1.54, 1.807) is 11.2 Å². The first kappa shape index (κ1) is 8.29. The van der Waals surface area contributed by atoms with E-state index in [1.807, 2.05) is 6.07 Å². The van der Waals surface area contributed by atoms with Crippen molar-refractivity contribution in [1.82, 2.24) is 10.1 Å². The number of aromatic nitrogens is 1. The third-order valence-corrected chi connectivity index (χ3v) is 2.48. The van der Waals surface area contributed by atoms with Gasteiger partial charge in [0.2, 0.25) is 6.41 Å². The third-order valence-electron chi connectivity index (χ3n) is 2.48. The van der Waals surface area contributed by atoms with Gasteiger partial charge in [-0.2, -0.15) is 0 Å². The number of likely N-dealkylation sites (tertiary alicyclic amines) is 1. The van der Waals surface area contributed by atoms with Gasteiger partial charge in [-0.25, -0.2) is 0 Å². The summed E-state index contributed by atoms with van der Waals surface area (Å²) in [5.41, 5.74) is 0.964. The second-order valence-electron chi connectivity index (χ2n) is 3.36. The maximum Gasteiger partial charge on any atom is 0.209 e. The molecule has 1 aromatic heterocycles. The van der Waals surface area contributed by atoms with Crippen molar-refractivity contribution in [3.05, 3.63) is 18.0 Å². The number of carbonyl (C=O) groups excluding carboxylic acids is 1. The van der Waals surface area contributed by atoms with Crippen LogP contribution in [0.15, 0.2) is 16.9 Å². The number of amides is 1. The van der Waals surface area contributed by atoms with Crippen LogP contribution in [0.25, 0.3) is 0 Å². The zero-order valence-electron chi connectivity index (χ0n) is 7.35. The zero-order valence-corrected chi connectivity index (χ0v) is 7.35. The number of nitrogens with zero attached hydrogens (tertiary/aromatic N) is 2. The van der Waals surface area contributed by atoms with Crippen LogP contribution in [-0.2, 0) is 4.79 Å². The highest BCUT2D eigenvalue weighted by Gasteiger charge is 2.21. The lowest BCUT2D eigenvalue weighted by atomic mass is 9.95. The van der Waals surface area contributed by atoms with Gasteiger partial charge in [0.1, 0.15) is 6.26 Å². The van der Waals surface area contributed by atoms with Gasteiger partial charge in [0.05, 0.1) is 5.69 Å². The molecular formula is C9H12N2O2. The van der Waals surface area contributed by atoms with Crippen molar-refractivity contribution in [3.63, 3.8) is 0 Å². The highest BCUT2D eigenvalue weighted by Crippen LogP contribution is 2.24. The van der Waals surface area contributed by atoms with Gasteiger partial charge in [-0.1, -0.05) is 5.16 Å². The monoisotopic (exact) mass is 180 g/mol. The number of piperidine rings is 1. The van der Waals surface area contributed by atoms with E-state index in [1.165, 1.54) is 0 Å². The van der Waals surface area contributed by atoms with Crippen LogP contribution in [0.4, 0.5) is 0 Å². The Morgan fingerprint density at radius 1 is 1.69 bits per heavy atom. The van der Waals surface area contributed by atoms with E-state index in [4.69, 9.17) is 4.52 Å². The molecule has 1 aromatic rings. The van der Waals surface area contributed by atoms with E-state index in [-0.39, 0.29) is 0 Å². The van der Waals surface area contributed by atoms with Gasteiger partial charge in [0.15, 0.2) is 0 Å². The predicted molar refractivity (Wildman–Crippen MR) is 46.1 cm³/mol. The maximum atomic E-state index is 10.6. The first-order valence-corrected chi connectivity index (χ1v) is 4.50. The molecule has 1 saturated heterocycles. The molecule has 4 heteroatoms. The standard InChI is InChI=1S/C9H12N2O2/c12-7-11-4-1-2-8(6-11)9-3-5-13-10-9/h3,5,7-8H,1-2,4,6H2. The molecule has 0 radical (unpaired) electrons. The van der Waals surface area contributed by atoms with Crippen LogP contribution in [-0.4, -0.2) is 29.6 Å². The number of hydrogen-bond acceptors (Lipinski definition) is 3. The van der Waals surface area contributed by atoms with Gasteiger partial charge >= 0.3 is 0 Å². The second-order valence-corrected chi connectivity index (χ2v) is 3.36. The molecule has 0 bridgehead atoms. The van der Waals surface area contributed by atoms with Crippen molar-refractivity contribution < 1.29 is 9.32 Å². The van der Waals surface area contributed by atoms with E-state index >= 15 is 0 Å². The van der Waals surface area contributed by atoms with Gasteiger partial charge in [-0.15, -0.1) is 0 Å². The van der Waals surface area contributed by atoms with Gasteiger partial charge in [-0.3, -0.25) is 4.79 Å². The lowest BCUT2D eigenvalue weighted by molar-refractivity contribution is -0.119. The quantitative estimate of drug-likeness (QED) is 0.638. The van der Waals surface area contributed by atoms with Crippen LogP contribution >= 0.6 is 0 Å². The van der Waals surface area contributed by atoms with Gasteiger partial charge in [0, 0.05) is 25.1 Å². The Labute approximate surface area is 76.5 Å². The fraction of sp³-hybridized carbons (Fsp3) is 0.556. The first-order valence-electron chi connectivity index (χ1n) is 4.50. The Bertz CT molecular complexity index is 271. The highest BCUT2D eigenvalue weighted by molar-refractivity contribution is 5.47. The maximum absolute atomic E-state index is 10.6. The van der Waals surface area contributed by atoms with Gasteiger partial charge in [-0.05, 0) is 12.8 Å². The molecule has 0 spiro atoms. The largest absolute Gasteiger partial charge is 0.365 e. The molecule has 2 rings (SSSR count). The van der Waals surface area contributed by atoms with Crippen molar-refractivity contribution in [2.24, 2.45) is 0 Å². The number of hydrogen-bond donors (Lipinski definition) is 0. The van der Waals surface area contributed by atoms with Crippen molar-refractivity contribution in [2.45, 2.75) is 18.8 Å². The Hall–Kier alpha value is -1.32. The topological polar surface area (TPSA) is 46.3 Å². The summed E-state index contributed by atoms with van der Waals surface area (Å²) in [4.78, 5) is 12.4. The molecule has 1 atom stereocenters. The normalized spacial score (nSPS) is 23.1. The minimum atomic E-state index is 0.359. The fourth-order valence-electron chi connectivity index (χ4n) is 1.78. The van der Waals surface area contributed by atoms with E-state index in [2.05, 4.69) is 5.16 Å². The lowest BCUT2D eigenvalue weighted by Crippen LogP contribution is -2.33. The van der Waals surface area contributed by atoms with Crippen molar-refractivity contribution in [1.29, 1.82) is 0 Å². The summed E-state index contributed by atoms with van der Waals surface area (Å²) in [6.45, 7) is 1.65. The van der Waals surface area contributed by atoms with Crippen LogP contribution < -0.4 is 0 Å². The lowest BCUT2D eigenvalue weighted by Gasteiger charge is -2.28. The molecule has 70 valence electrons. The Morgan fingerprint density at radius 3 is 3.31 bits per heavy atom. The summed E-state index contributed by atoms with van der Waals surface area (Å²) in [5, 5.41) is 3.89. The second kappa shape index (κ2) is 3.60. The van der Waals surface area contributed by atoms with Crippen molar-refractivity contribution in [3.8, 4) is 0 Å². The van der Waals surface area contributed by atoms with Crippen LogP contribution in [0.3, 0.4) is 0 Å². The molecule has 1 unspecified atom stereocenters. The molecule has 4 nitrogen and oxygen atoms in total. The zero-order chi connectivity index (χ0) is 9.10. The first-order chi connectivity index (χ1) is 6.40. The van der Waals surface area contributed by atoms with Crippen LogP contribution in [0.5, 0.6) is 0 Å². The molecule has 1 amide bonds. The summed E-state index contributed by atoms with van der Waals surface area (Å²) >= 11 is 0. The molecule has 0 saturated carbocycles. The van der Waals surface area contributed by atoms with Crippen LogP contribution in [0.1, 0.15) is 24.5 Å². The molecule has 2 heterocycles. The van der Waals surface area contributed by atoms with Crippen molar-refractivity contribution >= 4 is 6.41 Å². The molecule has 0 aliphatic carbocycles. The minimum Gasteiger partial charge on any atom is -0.365 e. The van der Waals surface area contributed by atoms with E-state index < -0.39 is 0 Å². The third kappa shape index (κ3) is 1.71. The molecule has 0 N–H and O–H groups in total. The Balaban J connectivity index is 2.04. The van der Waals surface area contributed by atoms with Gasteiger partial charge in [0.25, 0.3) is 0 Å². The SMILES string of the molecule is O=CN1CCCC(c2ccon2)C1. The Kier molecular flexibility index (Phi) is 2.29. The van der Waals surface area contributed by atoms with Crippen LogP contribution in [0.2, 0.25) is 0 Å². The highest BCUT2D eigenvalue weighted by atomic mass is 16.5. The molecule has 13 heavy (non-hydrogen) atoms. The molecule has 1 aliphatic rings. The summed E-state index contributed by atoms with van der Waals surface area (Å²) in [6.07, 6.45) is 4.63. The van der Waals surface area contributed by atoms with Crippen molar-refractivity contribution in [2.75, 3.05) is 13.1 Å². The summed E-state index contributed by atoms with van der Waals surface area (Å²) in [7, 11) is 0. The predicted octanol–water partition coefficient (Wildman–Crippen LogP) is 1.01. The average molecular weight is 180 g/mol. The fourth-order valence-corrected chi connectivity index (χ4v) is 1.78. The van der Waals surface area contributed by atoms with E-state index in [9.17, 15) is 4.79 Å². The molecule has 1 fully saturated rings. The number of rotatable bonds is 2. The van der Waals surface area contributed by atoms with E-state index in [0.717, 1.165) is 38.0 Å². The summed E-state index contributed by atoms with van der Waals surface area (Å²) in [5.74, 6) is 0.359. The van der Waals surface area contributed by atoms with Crippen LogP contribution in [0, 0.1) is 0 Å². The molecule has 0 aromatic carbocycles. The average Bonchev–Trinajstić information content (AvgIpc) is 2.71. The smallest absolute Gasteiger partial charge is 0.209 e. The minimum absolute atomic E-state index is 0.359. The Morgan fingerprint density at radius 2 is 2.62 bits per heavy atom. The van der Waals surface area contributed by atoms with E-state index in [0.29, 0.717) is 5.92 Å².